The number of hydrogen-bond acceptors (Lipinski definition) is 8. The topological polar surface area (TPSA) is 119 Å². The zero-order chi connectivity index (χ0) is 47.1. The molecule has 8 nitrogen and oxygen atoms in total. The van der Waals surface area contributed by atoms with Crippen LogP contribution in [0.3, 0.4) is 0 Å². The summed E-state index contributed by atoms with van der Waals surface area (Å²) in [6, 6.07) is 0. The Labute approximate surface area is 428 Å². The molecule has 2 N–H and O–H groups in total. The summed E-state index contributed by atoms with van der Waals surface area (Å²) in [6.07, 6.45) is 57.9. The van der Waals surface area contributed by atoms with Crippen LogP contribution in [0.25, 0.3) is 0 Å². The molecule has 0 radical (unpaired) electrons. The molecule has 0 saturated carbocycles. The Balaban J connectivity index is -0.00000128. The second kappa shape index (κ2) is 60.4. The number of carbonyl (C=O) groups excluding carboxylic acids is 1. The molecule has 0 bridgehead atoms. The molecule has 1 atom stereocenters. The van der Waals surface area contributed by atoms with Gasteiger partial charge in [-0.2, -0.15) is 8.42 Å². The monoisotopic (exact) mass is 957 g/mol. The quantitative estimate of drug-likeness (QED) is 0.0351. The summed E-state index contributed by atoms with van der Waals surface area (Å²) >= 11 is 0. The molecular formula is C55H113NaO8S. The summed E-state index contributed by atoms with van der Waals surface area (Å²) < 4.78 is 38.7. The van der Waals surface area contributed by atoms with Crippen LogP contribution in [0, 0.1) is 0 Å². The Hall–Kier alpha value is 0.260. The van der Waals surface area contributed by atoms with E-state index in [9.17, 15) is 13.2 Å². The molecular weight excluding hydrogens is 844 g/mol. The molecule has 0 aliphatic heterocycles. The van der Waals surface area contributed by atoms with Gasteiger partial charge >= 0.3 is 45.9 Å². The first-order valence-corrected chi connectivity index (χ1v) is 29.6. The molecule has 10 heteroatoms. The number of hydrogen-bond donors (Lipinski definition) is 2. The third-order valence-corrected chi connectivity index (χ3v) is 13.5. The minimum atomic E-state index is -3.82. The first-order chi connectivity index (χ1) is 31.3. The third kappa shape index (κ3) is 64.3. The Kier molecular flexibility index (Phi) is 64.6. The summed E-state index contributed by atoms with van der Waals surface area (Å²) in [4.78, 5) is 11.4. The van der Waals surface area contributed by atoms with Crippen molar-refractivity contribution in [3.05, 3.63) is 0 Å². The fraction of sp³-hybridized carbons (Fsp3) is 0.982. The number of unbranched alkanes of at least 4 members (excludes halogenated alkanes) is 42. The van der Waals surface area contributed by atoms with Crippen molar-refractivity contribution in [2.45, 2.75) is 322 Å². The van der Waals surface area contributed by atoms with Crippen LogP contribution < -0.4 is 0 Å². The first-order valence-electron chi connectivity index (χ1n) is 28.3. The molecule has 0 rings (SSSR count). The molecule has 0 aromatic rings. The van der Waals surface area contributed by atoms with Crippen molar-refractivity contribution < 1.29 is 36.5 Å². The number of esters is 1. The van der Waals surface area contributed by atoms with Crippen LogP contribution in [-0.4, -0.2) is 86.7 Å². The van der Waals surface area contributed by atoms with E-state index in [0.717, 1.165) is 38.5 Å². The molecule has 1 unspecified atom stereocenters. The maximum atomic E-state index is 11.9. The van der Waals surface area contributed by atoms with Gasteiger partial charge in [-0.1, -0.05) is 290 Å². The van der Waals surface area contributed by atoms with Crippen LogP contribution in [-0.2, 0) is 28.3 Å². The van der Waals surface area contributed by atoms with E-state index in [0.29, 0.717) is 6.42 Å². The summed E-state index contributed by atoms with van der Waals surface area (Å²) in [6.45, 7) is 6.84. The van der Waals surface area contributed by atoms with Crippen LogP contribution in [0.4, 0.5) is 0 Å². The van der Waals surface area contributed by atoms with Gasteiger partial charge in [-0.3, -0.25) is 4.79 Å². The molecule has 0 aliphatic carbocycles. The fourth-order valence-electron chi connectivity index (χ4n) is 8.26. The minimum absolute atomic E-state index is 0. The fourth-order valence-corrected chi connectivity index (χ4v) is 8.97. The number of carbonyl (C=O) groups is 1. The standard InChI is InChI=1S/C34H70O4S.C21H42O4.Na.H/c1-3-5-7-9-11-13-15-17-19-20-22-24-26-28-30-32-34-38-39(35,36)37-33-31-29-27-25-23-21-18-16-14-12-10-8-6-4-2;1-2-3-4-5-6-7-8-9-10-11-12-13-14-15-16-17-21(24)25-19-20(23)18-22;;/h3-34H2,1-2H3;20,22-23H,2-19H2,1H3;;. The van der Waals surface area contributed by atoms with Gasteiger partial charge in [0.05, 0.1) is 19.8 Å². The Bertz CT molecular complexity index is 985. The average Bonchev–Trinajstić information content (AvgIpc) is 3.29. The van der Waals surface area contributed by atoms with Crippen LogP contribution in [0.5, 0.6) is 0 Å². The maximum absolute atomic E-state index is 11.9. The molecule has 0 fully saturated rings. The van der Waals surface area contributed by atoms with Gasteiger partial charge in [-0.25, -0.2) is 8.37 Å². The zero-order valence-corrected chi connectivity index (χ0v) is 44.0. The van der Waals surface area contributed by atoms with Gasteiger partial charge in [0.2, 0.25) is 0 Å². The van der Waals surface area contributed by atoms with E-state index < -0.39 is 16.5 Å². The Morgan fingerprint density at radius 2 is 0.600 bits per heavy atom. The van der Waals surface area contributed by atoms with Crippen LogP contribution in [0.2, 0.25) is 0 Å². The number of aliphatic hydroxyl groups is 2. The van der Waals surface area contributed by atoms with Crippen LogP contribution in [0.1, 0.15) is 316 Å². The van der Waals surface area contributed by atoms with Gasteiger partial charge in [0.15, 0.2) is 0 Å². The van der Waals surface area contributed by atoms with Crippen molar-refractivity contribution >= 4 is 45.9 Å². The van der Waals surface area contributed by atoms with E-state index in [1.807, 2.05) is 0 Å². The van der Waals surface area contributed by atoms with Gasteiger partial charge in [-0.05, 0) is 19.3 Å². The Morgan fingerprint density at radius 3 is 0.831 bits per heavy atom. The zero-order valence-electron chi connectivity index (χ0n) is 43.2. The normalized spacial score (nSPS) is 11.9. The van der Waals surface area contributed by atoms with Crippen molar-refractivity contribution in [1.29, 1.82) is 0 Å². The van der Waals surface area contributed by atoms with Gasteiger partial charge in [0, 0.05) is 6.42 Å². The second-order valence-corrected chi connectivity index (χ2v) is 20.5. The molecule has 0 aromatic heterocycles. The predicted octanol–water partition coefficient (Wildman–Crippen LogP) is 16.5. The van der Waals surface area contributed by atoms with Gasteiger partial charge in [0.1, 0.15) is 12.7 Å². The van der Waals surface area contributed by atoms with Crippen molar-refractivity contribution in [1.82, 2.24) is 0 Å². The van der Waals surface area contributed by atoms with E-state index in [1.165, 1.54) is 250 Å². The third-order valence-electron chi connectivity index (χ3n) is 12.6. The SMILES string of the molecule is CCCCCCCCCCCCCCCCCC(=O)OCC(O)CO.CCCCCCCCCCCCCCCCCCOS(=O)(=O)OCCCCCCCCCCCCCCCC.[NaH]. The molecule has 65 heavy (non-hydrogen) atoms. The molecule has 0 saturated heterocycles. The van der Waals surface area contributed by atoms with Crippen molar-refractivity contribution in [3.8, 4) is 0 Å². The van der Waals surface area contributed by atoms with E-state index in [-0.39, 0.29) is 62.0 Å². The molecule has 388 valence electrons. The van der Waals surface area contributed by atoms with E-state index in [2.05, 4.69) is 20.8 Å². The van der Waals surface area contributed by atoms with E-state index in [4.69, 9.17) is 23.3 Å². The second-order valence-electron chi connectivity index (χ2n) is 19.2. The Morgan fingerprint density at radius 1 is 0.385 bits per heavy atom. The average molecular weight is 958 g/mol. The molecule has 0 aromatic carbocycles. The summed E-state index contributed by atoms with van der Waals surface area (Å²) in [7, 11) is -3.82. The van der Waals surface area contributed by atoms with Gasteiger partial charge in [0.25, 0.3) is 0 Å². The first kappa shape index (κ1) is 69.5. The van der Waals surface area contributed by atoms with E-state index in [1.54, 1.807) is 0 Å². The predicted molar refractivity (Wildman–Crippen MR) is 281 cm³/mol. The molecule has 0 heterocycles. The van der Waals surface area contributed by atoms with Crippen molar-refractivity contribution in [2.24, 2.45) is 0 Å². The molecule has 0 amide bonds. The summed E-state index contributed by atoms with van der Waals surface area (Å²) in [5, 5.41) is 17.7. The van der Waals surface area contributed by atoms with E-state index >= 15 is 0 Å². The van der Waals surface area contributed by atoms with Crippen LogP contribution in [0.15, 0.2) is 0 Å². The number of aliphatic hydroxyl groups excluding tert-OH is 2. The molecule has 0 aliphatic rings. The van der Waals surface area contributed by atoms with Gasteiger partial charge < -0.3 is 14.9 Å². The number of rotatable bonds is 53. The van der Waals surface area contributed by atoms with Gasteiger partial charge in [-0.15, -0.1) is 0 Å². The number of ether oxygens (including phenoxy) is 1. The van der Waals surface area contributed by atoms with Crippen LogP contribution >= 0.6 is 0 Å². The summed E-state index contributed by atoms with van der Waals surface area (Å²) in [5.74, 6) is -0.276. The van der Waals surface area contributed by atoms with Crippen molar-refractivity contribution in [3.63, 3.8) is 0 Å². The summed E-state index contributed by atoms with van der Waals surface area (Å²) in [5.41, 5.74) is 0. The molecule has 0 spiro atoms. The van der Waals surface area contributed by atoms with Crippen molar-refractivity contribution in [2.75, 3.05) is 26.4 Å².